The van der Waals surface area contributed by atoms with Crippen molar-refractivity contribution in [2.75, 3.05) is 6.61 Å². The summed E-state index contributed by atoms with van der Waals surface area (Å²) in [6.45, 7) is 7.47. The lowest BCUT2D eigenvalue weighted by Gasteiger charge is -2.19. The van der Waals surface area contributed by atoms with Gasteiger partial charge in [0.2, 0.25) is 0 Å². The van der Waals surface area contributed by atoms with Gasteiger partial charge in [-0.2, -0.15) is 0 Å². The molecule has 1 atom stereocenters. The molecule has 0 aliphatic heterocycles. The minimum Gasteiger partial charge on any atom is -0.479 e. The van der Waals surface area contributed by atoms with Gasteiger partial charge in [-0.05, 0) is 44.4 Å². The predicted octanol–water partition coefficient (Wildman–Crippen LogP) is 2.48. The number of carbonyl (C=O) groups excluding carboxylic acids is 1. The quantitative estimate of drug-likeness (QED) is 0.877. The highest BCUT2D eigenvalue weighted by Gasteiger charge is 2.25. The Morgan fingerprint density at radius 2 is 1.79 bits per heavy atom. The molecule has 0 aromatic heterocycles. The monoisotopic (exact) mass is 265 g/mol. The number of carboxylic acids is 1. The van der Waals surface area contributed by atoms with Crippen molar-refractivity contribution in [2.45, 2.75) is 33.7 Å². The van der Waals surface area contributed by atoms with Crippen molar-refractivity contribution in [1.82, 2.24) is 5.32 Å². The summed E-state index contributed by atoms with van der Waals surface area (Å²) in [7, 11) is 0. The first-order valence-electron chi connectivity index (χ1n) is 6.10. The number of benzene rings is 1. The molecule has 1 amide bonds. The molecule has 0 heterocycles. The number of amides is 1. The zero-order valence-corrected chi connectivity index (χ0v) is 11.6. The Labute approximate surface area is 112 Å². The smallest absolute Gasteiger partial charge is 0.408 e. The van der Waals surface area contributed by atoms with Crippen molar-refractivity contribution in [3.05, 3.63) is 34.4 Å². The molecule has 19 heavy (non-hydrogen) atoms. The zero-order chi connectivity index (χ0) is 14.6. The number of carbonyl (C=O) groups is 2. The van der Waals surface area contributed by atoms with E-state index in [4.69, 9.17) is 4.74 Å². The van der Waals surface area contributed by atoms with Crippen molar-refractivity contribution in [3.8, 4) is 0 Å². The Morgan fingerprint density at radius 1 is 1.26 bits per heavy atom. The second kappa shape index (κ2) is 6.22. The van der Waals surface area contributed by atoms with Crippen molar-refractivity contribution in [2.24, 2.45) is 0 Å². The van der Waals surface area contributed by atoms with Crippen LogP contribution in [0, 0.1) is 20.8 Å². The average molecular weight is 265 g/mol. The van der Waals surface area contributed by atoms with E-state index in [-0.39, 0.29) is 6.61 Å². The van der Waals surface area contributed by atoms with Gasteiger partial charge in [0, 0.05) is 0 Å². The Bertz CT molecular complexity index is 473. The number of nitrogens with one attached hydrogen (secondary N) is 1. The van der Waals surface area contributed by atoms with Gasteiger partial charge in [0.05, 0.1) is 6.61 Å². The van der Waals surface area contributed by atoms with Crippen molar-refractivity contribution < 1.29 is 19.4 Å². The molecule has 5 nitrogen and oxygen atoms in total. The lowest BCUT2D eigenvalue weighted by molar-refractivity contribution is -0.139. The van der Waals surface area contributed by atoms with Crippen LogP contribution >= 0.6 is 0 Å². The molecule has 0 aliphatic carbocycles. The maximum atomic E-state index is 11.4. The van der Waals surface area contributed by atoms with Gasteiger partial charge in [0.15, 0.2) is 6.04 Å². The highest BCUT2D eigenvalue weighted by molar-refractivity contribution is 5.82. The molecule has 0 aliphatic rings. The van der Waals surface area contributed by atoms with Crippen LogP contribution in [0.5, 0.6) is 0 Å². The minimum absolute atomic E-state index is 0.198. The molecule has 2 N–H and O–H groups in total. The second-order valence-electron chi connectivity index (χ2n) is 4.45. The maximum absolute atomic E-state index is 11.4. The molecule has 0 fully saturated rings. The fourth-order valence-electron chi connectivity index (χ4n) is 2.19. The summed E-state index contributed by atoms with van der Waals surface area (Å²) in [6, 6.07) is 2.69. The number of alkyl carbamates (subject to hydrolysis) is 1. The molecule has 1 aromatic carbocycles. The fraction of sp³-hybridized carbons (Fsp3) is 0.429. The van der Waals surface area contributed by atoms with Gasteiger partial charge in [-0.25, -0.2) is 9.59 Å². The lowest BCUT2D eigenvalue weighted by atomic mass is 9.94. The number of aliphatic carboxylic acids is 1. The maximum Gasteiger partial charge on any atom is 0.408 e. The molecule has 0 radical (unpaired) electrons. The predicted molar refractivity (Wildman–Crippen MR) is 71.2 cm³/mol. The average Bonchev–Trinajstić information content (AvgIpc) is 2.26. The zero-order valence-electron chi connectivity index (χ0n) is 11.6. The molecule has 1 aromatic rings. The molecule has 1 unspecified atom stereocenters. The van der Waals surface area contributed by atoms with Gasteiger partial charge in [-0.3, -0.25) is 0 Å². The molecule has 0 spiro atoms. The van der Waals surface area contributed by atoms with E-state index in [1.165, 1.54) is 0 Å². The van der Waals surface area contributed by atoms with E-state index in [0.717, 1.165) is 16.7 Å². The van der Waals surface area contributed by atoms with Crippen LogP contribution in [0.3, 0.4) is 0 Å². The summed E-state index contributed by atoms with van der Waals surface area (Å²) in [6.07, 6.45) is -0.728. The van der Waals surface area contributed by atoms with Crippen LogP contribution in [-0.4, -0.2) is 23.8 Å². The van der Waals surface area contributed by atoms with Crippen LogP contribution in [0.1, 0.15) is 35.2 Å². The van der Waals surface area contributed by atoms with Crippen LogP contribution in [0.2, 0.25) is 0 Å². The van der Waals surface area contributed by atoms with E-state index in [1.807, 2.05) is 32.9 Å². The Balaban J connectivity index is 3.13. The molecule has 104 valence electrons. The van der Waals surface area contributed by atoms with E-state index in [1.54, 1.807) is 6.92 Å². The Morgan fingerprint density at radius 3 is 2.21 bits per heavy atom. The van der Waals surface area contributed by atoms with E-state index in [9.17, 15) is 14.7 Å². The normalized spacial score (nSPS) is 11.8. The number of hydrogen-bond donors (Lipinski definition) is 2. The Hall–Kier alpha value is -2.04. The van der Waals surface area contributed by atoms with Gasteiger partial charge in [0.1, 0.15) is 0 Å². The third-order valence-corrected chi connectivity index (χ3v) is 2.81. The summed E-state index contributed by atoms with van der Waals surface area (Å²) in [4.78, 5) is 22.8. The lowest BCUT2D eigenvalue weighted by Crippen LogP contribution is -2.35. The third-order valence-electron chi connectivity index (χ3n) is 2.81. The largest absolute Gasteiger partial charge is 0.479 e. The van der Waals surface area contributed by atoms with Crippen molar-refractivity contribution in [1.29, 1.82) is 0 Å². The first-order valence-corrected chi connectivity index (χ1v) is 6.10. The molecular formula is C14H19NO4. The summed E-state index contributed by atoms with van der Waals surface area (Å²) >= 11 is 0. The number of rotatable bonds is 4. The summed E-state index contributed by atoms with van der Waals surface area (Å²) in [5.41, 5.74) is 3.33. The van der Waals surface area contributed by atoms with E-state index in [0.29, 0.717) is 5.56 Å². The van der Waals surface area contributed by atoms with E-state index < -0.39 is 18.1 Å². The van der Waals surface area contributed by atoms with Gasteiger partial charge in [-0.1, -0.05) is 17.7 Å². The van der Waals surface area contributed by atoms with E-state index >= 15 is 0 Å². The summed E-state index contributed by atoms with van der Waals surface area (Å²) in [5.74, 6) is -1.11. The standard InChI is InChI=1S/C14H19NO4/c1-5-19-14(18)15-12(13(16)17)11-9(3)6-8(2)7-10(11)4/h6-7,12H,5H2,1-4H3,(H,15,18)(H,16,17). The van der Waals surface area contributed by atoms with Crippen LogP contribution in [0.4, 0.5) is 4.79 Å². The van der Waals surface area contributed by atoms with E-state index in [2.05, 4.69) is 5.32 Å². The van der Waals surface area contributed by atoms with Crippen LogP contribution in [0.25, 0.3) is 0 Å². The molecule has 0 saturated heterocycles. The highest BCUT2D eigenvalue weighted by atomic mass is 16.5. The molecular weight excluding hydrogens is 246 g/mol. The van der Waals surface area contributed by atoms with Crippen molar-refractivity contribution >= 4 is 12.1 Å². The second-order valence-corrected chi connectivity index (χ2v) is 4.45. The number of hydrogen-bond acceptors (Lipinski definition) is 3. The van der Waals surface area contributed by atoms with Gasteiger partial charge in [0.25, 0.3) is 0 Å². The molecule has 5 heteroatoms. The minimum atomic E-state index is -1.11. The fourth-order valence-corrected chi connectivity index (χ4v) is 2.19. The molecule has 0 bridgehead atoms. The molecule has 1 rings (SSSR count). The first kappa shape index (κ1) is 15.0. The third kappa shape index (κ3) is 3.71. The summed E-state index contributed by atoms with van der Waals surface area (Å²) < 4.78 is 4.73. The summed E-state index contributed by atoms with van der Waals surface area (Å²) in [5, 5.41) is 11.7. The highest BCUT2D eigenvalue weighted by Crippen LogP contribution is 2.24. The number of aryl methyl sites for hydroxylation is 3. The molecule has 0 saturated carbocycles. The SMILES string of the molecule is CCOC(=O)NC(C(=O)O)c1c(C)cc(C)cc1C. The number of carboxylic acid groups (broad SMARTS) is 1. The topological polar surface area (TPSA) is 75.6 Å². The van der Waals surface area contributed by atoms with Gasteiger partial charge in [-0.15, -0.1) is 0 Å². The van der Waals surface area contributed by atoms with Gasteiger partial charge < -0.3 is 15.2 Å². The number of ether oxygens (including phenoxy) is 1. The van der Waals surface area contributed by atoms with Gasteiger partial charge >= 0.3 is 12.1 Å². The Kier molecular flexibility index (Phi) is 4.92. The van der Waals surface area contributed by atoms with Crippen molar-refractivity contribution in [3.63, 3.8) is 0 Å². The first-order chi connectivity index (χ1) is 8.86. The van der Waals surface area contributed by atoms with Crippen LogP contribution in [-0.2, 0) is 9.53 Å². The van der Waals surface area contributed by atoms with Crippen LogP contribution < -0.4 is 5.32 Å². The van der Waals surface area contributed by atoms with Crippen LogP contribution in [0.15, 0.2) is 12.1 Å².